The number of nitrogens with zero attached hydrogens (tertiary/aromatic N) is 2. The van der Waals surface area contributed by atoms with Crippen LogP contribution in [0.4, 0.5) is 5.69 Å². The van der Waals surface area contributed by atoms with Crippen LogP contribution in [0.25, 0.3) is 0 Å². The highest BCUT2D eigenvalue weighted by molar-refractivity contribution is 5.67. The summed E-state index contributed by atoms with van der Waals surface area (Å²) in [4.78, 5) is 13.3. The van der Waals surface area contributed by atoms with Gasteiger partial charge in [-0.15, -0.1) is 0 Å². The van der Waals surface area contributed by atoms with E-state index in [-0.39, 0.29) is 12.3 Å². The third-order valence-electron chi connectivity index (χ3n) is 4.85. The van der Waals surface area contributed by atoms with Crippen molar-refractivity contribution in [1.29, 1.82) is 5.26 Å². The Morgan fingerprint density at radius 3 is 2.62 bits per heavy atom. The molecular weight excluding hydrogens is 264 g/mol. The molecule has 0 saturated carbocycles. The molecule has 0 aliphatic carbocycles. The molecule has 110 valence electrons. The Labute approximate surface area is 125 Å². The molecule has 0 spiro atoms. The minimum Gasteiger partial charge on any atom is -0.481 e. The summed E-state index contributed by atoms with van der Waals surface area (Å²) in [6.07, 6.45) is 4.36. The van der Waals surface area contributed by atoms with Crippen molar-refractivity contribution in [3.05, 3.63) is 29.3 Å². The molecule has 3 rings (SSSR count). The van der Waals surface area contributed by atoms with E-state index >= 15 is 0 Å². The topological polar surface area (TPSA) is 64.3 Å². The van der Waals surface area contributed by atoms with Crippen LogP contribution < -0.4 is 4.90 Å². The van der Waals surface area contributed by atoms with Gasteiger partial charge in [0.05, 0.1) is 11.3 Å². The van der Waals surface area contributed by atoms with Crippen LogP contribution in [-0.2, 0) is 4.79 Å². The lowest BCUT2D eigenvalue weighted by Gasteiger charge is -2.40. The number of carboxylic acid groups (broad SMARTS) is 1. The lowest BCUT2D eigenvalue weighted by Crippen LogP contribution is -2.43. The highest BCUT2D eigenvalue weighted by Crippen LogP contribution is 2.43. The van der Waals surface area contributed by atoms with Crippen molar-refractivity contribution >= 4 is 11.7 Å². The Morgan fingerprint density at radius 1 is 1.38 bits per heavy atom. The van der Waals surface area contributed by atoms with Crippen LogP contribution in [0, 0.1) is 24.2 Å². The van der Waals surface area contributed by atoms with Gasteiger partial charge in [-0.1, -0.05) is 6.07 Å². The zero-order valence-corrected chi connectivity index (χ0v) is 12.2. The number of carbonyl (C=O) groups is 1. The first-order valence-corrected chi connectivity index (χ1v) is 7.59. The lowest BCUT2D eigenvalue weighted by atomic mass is 9.87. The molecule has 2 heterocycles. The second kappa shape index (κ2) is 5.40. The van der Waals surface area contributed by atoms with Gasteiger partial charge < -0.3 is 10.0 Å². The molecule has 4 heteroatoms. The maximum absolute atomic E-state index is 10.9. The smallest absolute Gasteiger partial charge is 0.303 e. The van der Waals surface area contributed by atoms with Crippen molar-refractivity contribution in [1.82, 2.24) is 0 Å². The van der Waals surface area contributed by atoms with Crippen molar-refractivity contribution in [2.45, 2.75) is 51.1 Å². The first-order chi connectivity index (χ1) is 10.1. The Bertz CT molecular complexity index is 591. The Kier molecular flexibility index (Phi) is 3.59. The fourth-order valence-corrected chi connectivity index (χ4v) is 4.05. The van der Waals surface area contributed by atoms with E-state index in [0.717, 1.165) is 42.5 Å². The molecule has 2 aliphatic heterocycles. The van der Waals surface area contributed by atoms with E-state index in [1.165, 1.54) is 0 Å². The van der Waals surface area contributed by atoms with Crippen molar-refractivity contribution in [2.75, 3.05) is 4.90 Å². The van der Waals surface area contributed by atoms with Gasteiger partial charge >= 0.3 is 5.97 Å². The molecule has 4 nitrogen and oxygen atoms in total. The number of piperidine rings is 1. The number of rotatable bonds is 3. The first-order valence-electron chi connectivity index (χ1n) is 7.59. The Morgan fingerprint density at radius 2 is 2.05 bits per heavy atom. The summed E-state index contributed by atoms with van der Waals surface area (Å²) < 4.78 is 0. The predicted octanol–water partition coefficient (Wildman–Crippen LogP) is 3.09. The van der Waals surface area contributed by atoms with Crippen LogP contribution in [0.2, 0.25) is 0 Å². The van der Waals surface area contributed by atoms with Gasteiger partial charge in [0.25, 0.3) is 0 Å². The highest BCUT2D eigenvalue weighted by atomic mass is 16.4. The molecule has 0 radical (unpaired) electrons. The predicted molar refractivity (Wildman–Crippen MR) is 80.2 cm³/mol. The summed E-state index contributed by atoms with van der Waals surface area (Å²) in [6.45, 7) is 2.05. The van der Waals surface area contributed by atoms with Gasteiger partial charge in [0, 0.05) is 18.5 Å². The van der Waals surface area contributed by atoms with Gasteiger partial charge in [-0.3, -0.25) is 4.79 Å². The van der Waals surface area contributed by atoms with Crippen LogP contribution in [-0.4, -0.2) is 23.2 Å². The number of benzene rings is 1. The van der Waals surface area contributed by atoms with Gasteiger partial charge in [-0.25, -0.2) is 0 Å². The second-order valence-electron chi connectivity index (χ2n) is 6.36. The SMILES string of the molecule is Cc1ccc(C#N)c(N2C3CCC2CC(CC(=O)O)C3)c1. The maximum atomic E-state index is 10.9. The van der Waals surface area contributed by atoms with Crippen molar-refractivity contribution in [3.63, 3.8) is 0 Å². The third-order valence-corrected chi connectivity index (χ3v) is 4.85. The van der Waals surface area contributed by atoms with Gasteiger partial charge in [-0.05, 0) is 56.2 Å². The van der Waals surface area contributed by atoms with Crippen molar-refractivity contribution < 1.29 is 9.90 Å². The zero-order chi connectivity index (χ0) is 15.0. The second-order valence-corrected chi connectivity index (χ2v) is 6.36. The van der Waals surface area contributed by atoms with Crippen LogP contribution in [0.1, 0.15) is 43.2 Å². The van der Waals surface area contributed by atoms with Gasteiger partial charge in [0.15, 0.2) is 0 Å². The molecule has 2 saturated heterocycles. The van der Waals surface area contributed by atoms with Crippen molar-refractivity contribution in [3.8, 4) is 6.07 Å². The molecule has 0 aromatic heterocycles. The fraction of sp³-hybridized carbons (Fsp3) is 0.529. The maximum Gasteiger partial charge on any atom is 0.303 e. The molecule has 2 aliphatic rings. The van der Waals surface area contributed by atoms with E-state index in [1.54, 1.807) is 0 Å². The number of aliphatic carboxylic acids is 1. The molecule has 21 heavy (non-hydrogen) atoms. The fourth-order valence-electron chi connectivity index (χ4n) is 4.05. The van der Waals surface area contributed by atoms with E-state index < -0.39 is 5.97 Å². The van der Waals surface area contributed by atoms with E-state index in [9.17, 15) is 10.1 Å². The summed E-state index contributed by atoms with van der Waals surface area (Å²) in [5.74, 6) is -0.410. The summed E-state index contributed by atoms with van der Waals surface area (Å²) in [7, 11) is 0. The summed E-state index contributed by atoms with van der Waals surface area (Å²) in [5, 5.41) is 18.4. The standard InChI is InChI=1S/C17H20N2O2/c1-11-2-3-13(10-18)16(6-11)19-14-4-5-15(19)8-12(7-14)9-17(20)21/h2-3,6,12,14-15H,4-5,7-9H2,1H3,(H,20,21). The Hall–Kier alpha value is -2.02. The van der Waals surface area contributed by atoms with Gasteiger partial charge in [0.1, 0.15) is 6.07 Å². The van der Waals surface area contributed by atoms with Gasteiger partial charge in [-0.2, -0.15) is 5.26 Å². The molecule has 2 fully saturated rings. The van der Waals surface area contributed by atoms with Gasteiger partial charge in [0.2, 0.25) is 0 Å². The van der Waals surface area contributed by atoms with E-state index in [2.05, 4.69) is 17.0 Å². The number of hydrogen-bond acceptors (Lipinski definition) is 3. The number of hydrogen-bond donors (Lipinski definition) is 1. The molecule has 1 aromatic rings. The molecule has 0 amide bonds. The number of anilines is 1. The normalized spacial score (nSPS) is 27.4. The average molecular weight is 284 g/mol. The summed E-state index contributed by atoms with van der Waals surface area (Å²) in [5.41, 5.74) is 2.93. The number of fused-ring (bicyclic) bond motifs is 2. The molecule has 2 bridgehead atoms. The van der Waals surface area contributed by atoms with Crippen LogP contribution in [0.15, 0.2) is 18.2 Å². The summed E-state index contributed by atoms with van der Waals surface area (Å²) >= 11 is 0. The largest absolute Gasteiger partial charge is 0.481 e. The van der Waals surface area contributed by atoms with Crippen LogP contribution >= 0.6 is 0 Å². The lowest BCUT2D eigenvalue weighted by molar-refractivity contribution is -0.138. The molecule has 1 aromatic carbocycles. The number of aryl methyl sites for hydroxylation is 1. The average Bonchev–Trinajstić information content (AvgIpc) is 2.69. The molecule has 1 N–H and O–H groups in total. The highest BCUT2D eigenvalue weighted by Gasteiger charge is 2.41. The monoisotopic (exact) mass is 284 g/mol. The zero-order valence-electron chi connectivity index (χ0n) is 12.2. The quantitative estimate of drug-likeness (QED) is 0.926. The minimum atomic E-state index is -0.693. The van der Waals surface area contributed by atoms with Crippen LogP contribution in [0.3, 0.4) is 0 Å². The van der Waals surface area contributed by atoms with Crippen molar-refractivity contribution in [2.24, 2.45) is 5.92 Å². The first kappa shape index (κ1) is 13.9. The Balaban J connectivity index is 1.87. The molecule has 2 unspecified atom stereocenters. The molecule has 2 atom stereocenters. The third kappa shape index (κ3) is 2.61. The number of carboxylic acids is 1. The summed E-state index contributed by atoms with van der Waals surface area (Å²) in [6, 6.07) is 9.05. The molecular formula is C17H20N2O2. The van der Waals surface area contributed by atoms with E-state index in [1.807, 2.05) is 19.1 Å². The van der Waals surface area contributed by atoms with Crippen LogP contribution in [0.5, 0.6) is 0 Å². The van der Waals surface area contributed by atoms with E-state index in [4.69, 9.17) is 5.11 Å². The van der Waals surface area contributed by atoms with E-state index in [0.29, 0.717) is 12.1 Å². The minimum absolute atomic E-state index is 0.278. The number of nitriles is 1.